The zero-order chi connectivity index (χ0) is 26.8. The summed E-state index contributed by atoms with van der Waals surface area (Å²) in [5.41, 5.74) is 8.53. The molecule has 0 N–H and O–H groups in total. The number of halogens is 1. The molecule has 2 fully saturated rings. The van der Waals surface area contributed by atoms with E-state index in [0.717, 1.165) is 74.2 Å². The summed E-state index contributed by atoms with van der Waals surface area (Å²) >= 11 is 6.43. The lowest BCUT2D eigenvalue weighted by Gasteiger charge is -2.36. The summed E-state index contributed by atoms with van der Waals surface area (Å²) in [6.45, 7) is 7.09. The van der Waals surface area contributed by atoms with Gasteiger partial charge in [0.1, 0.15) is 0 Å². The average molecular weight is 545 g/mol. The standard InChI is InChI=1S/C30H33ClN6O2/c1-2-39-30(38)37-12-8-21(9-13-37)27-26-7-6-24(31)18-22(26)4-5-23-19-25(20-34-28(23)27)35-14-16-36(17-15-35)29-32-10-3-11-33-29/h3,6-7,10-11,18-20H,2,4-5,8-9,12-17H2,1H3. The highest BCUT2D eigenvalue weighted by Gasteiger charge is 2.28. The number of aromatic nitrogens is 3. The second-order valence-corrected chi connectivity index (χ2v) is 10.6. The molecule has 2 saturated heterocycles. The van der Waals surface area contributed by atoms with Crippen molar-refractivity contribution in [2.45, 2.75) is 32.6 Å². The van der Waals surface area contributed by atoms with Crippen LogP contribution in [0.3, 0.4) is 0 Å². The number of pyridine rings is 1. The number of ether oxygens (including phenoxy) is 1. The zero-order valence-corrected chi connectivity index (χ0v) is 23.0. The van der Waals surface area contributed by atoms with E-state index in [0.29, 0.717) is 19.7 Å². The van der Waals surface area contributed by atoms with Crippen LogP contribution < -0.4 is 9.80 Å². The molecule has 39 heavy (non-hydrogen) atoms. The molecule has 1 aliphatic carbocycles. The molecule has 8 nitrogen and oxygen atoms in total. The molecule has 2 aliphatic heterocycles. The Bertz CT molecular complexity index is 1380. The molecule has 3 aliphatic rings. The molecule has 9 heteroatoms. The van der Waals surface area contributed by atoms with Gasteiger partial charge in [0.25, 0.3) is 0 Å². The minimum absolute atomic E-state index is 0.225. The van der Waals surface area contributed by atoms with Gasteiger partial charge in [0, 0.05) is 62.3 Å². The van der Waals surface area contributed by atoms with Crippen LogP contribution in [0.15, 0.2) is 54.5 Å². The summed E-state index contributed by atoms with van der Waals surface area (Å²) in [4.78, 5) is 32.7. The van der Waals surface area contributed by atoms with Crippen molar-refractivity contribution in [1.82, 2.24) is 19.9 Å². The third-order valence-corrected chi connectivity index (χ3v) is 8.15. The summed E-state index contributed by atoms with van der Waals surface area (Å²) in [6.07, 6.45) is 8.84. The lowest BCUT2D eigenvalue weighted by atomic mass is 9.88. The van der Waals surface area contributed by atoms with Gasteiger partial charge in [-0.3, -0.25) is 4.98 Å². The van der Waals surface area contributed by atoms with E-state index in [-0.39, 0.29) is 6.09 Å². The maximum Gasteiger partial charge on any atom is 0.409 e. The summed E-state index contributed by atoms with van der Waals surface area (Å²) in [7, 11) is 0. The van der Waals surface area contributed by atoms with Crippen LogP contribution in [0.4, 0.5) is 16.4 Å². The van der Waals surface area contributed by atoms with Crippen LogP contribution in [-0.2, 0) is 17.6 Å². The van der Waals surface area contributed by atoms with Gasteiger partial charge in [-0.25, -0.2) is 14.8 Å². The number of aryl methyl sites for hydroxylation is 2. The second kappa shape index (κ2) is 11.2. The number of carbonyl (C=O) groups is 1. The molecule has 3 aromatic rings. The van der Waals surface area contributed by atoms with Crippen molar-refractivity contribution in [2.24, 2.45) is 0 Å². The number of carbonyl (C=O) groups excluding carboxylic acids is 1. The van der Waals surface area contributed by atoms with Crippen molar-refractivity contribution in [3.05, 3.63) is 81.9 Å². The molecule has 0 radical (unpaired) electrons. The van der Waals surface area contributed by atoms with Gasteiger partial charge in [0.2, 0.25) is 5.95 Å². The van der Waals surface area contributed by atoms with E-state index in [9.17, 15) is 4.79 Å². The van der Waals surface area contributed by atoms with Crippen molar-refractivity contribution < 1.29 is 9.53 Å². The monoisotopic (exact) mass is 544 g/mol. The topological polar surface area (TPSA) is 74.7 Å². The molecule has 0 spiro atoms. The SMILES string of the molecule is CCOC(=O)N1CCC(=C2c3ccc(Cl)cc3CCc3cc(N4CCN(c5ncccn5)CC4)cnc32)CC1. The Morgan fingerprint density at radius 2 is 1.62 bits per heavy atom. The predicted octanol–water partition coefficient (Wildman–Crippen LogP) is 5.00. The fourth-order valence-corrected chi connectivity index (χ4v) is 6.09. The van der Waals surface area contributed by atoms with Crippen LogP contribution >= 0.6 is 11.6 Å². The van der Waals surface area contributed by atoms with Crippen molar-refractivity contribution in [2.75, 3.05) is 55.7 Å². The molecular formula is C30H33ClN6O2. The summed E-state index contributed by atoms with van der Waals surface area (Å²) < 4.78 is 5.24. The summed E-state index contributed by atoms with van der Waals surface area (Å²) in [6, 6.07) is 10.4. The summed E-state index contributed by atoms with van der Waals surface area (Å²) in [5.74, 6) is 0.791. The van der Waals surface area contributed by atoms with Gasteiger partial charge in [-0.15, -0.1) is 0 Å². The number of fused-ring (bicyclic) bond motifs is 2. The normalized spacial score (nSPS) is 17.4. The largest absolute Gasteiger partial charge is 0.450 e. The van der Waals surface area contributed by atoms with Gasteiger partial charge in [-0.05, 0) is 73.6 Å². The van der Waals surface area contributed by atoms with Gasteiger partial charge in [0.05, 0.1) is 24.2 Å². The van der Waals surface area contributed by atoms with Gasteiger partial charge in [-0.2, -0.15) is 0 Å². The van der Waals surface area contributed by atoms with Crippen LogP contribution in [0.1, 0.15) is 42.1 Å². The number of rotatable bonds is 3. The Kier molecular flexibility index (Phi) is 7.37. The highest BCUT2D eigenvalue weighted by molar-refractivity contribution is 6.30. The molecule has 0 saturated carbocycles. The van der Waals surface area contributed by atoms with Gasteiger partial charge >= 0.3 is 6.09 Å². The maximum absolute atomic E-state index is 12.3. The molecule has 0 bridgehead atoms. The van der Waals surface area contributed by atoms with Crippen molar-refractivity contribution in [3.8, 4) is 0 Å². The molecular weight excluding hydrogens is 512 g/mol. The Balaban J connectivity index is 1.29. The molecule has 4 heterocycles. The number of amides is 1. The van der Waals surface area contributed by atoms with Crippen LogP contribution in [0.25, 0.3) is 5.57 Å². The first-order valence-corrected chi connectivity index (χ1v) is 14.2. The minimum atomic E-state index is -0.225. The Morgan fingerprint density at radius 1 is 0.897 bits per heavy atom. The number of anilines is 2. The first-order valence-electron chi connectivity index (χ1n) is 13.8. The number of likely N-dealkylation sites (tertiary alicyclic amines) is 1. The number of piperidine rings is 1. The highest BCUT2D eigenvalue weighted by Crippen LogP contribution is 2.39. The van der Waals surface area contributed by atoms with Crippen molar-refractivity contribution in [1.29, 1.82) is 0 Å². The Hall–Kier alpha value is -3.65. The smallest absolute Gasteiger partial charge is 0.409 e. The fraction of sp³-hybridized carbons (Fsp3) is 0.400. The zero-order valence-electron chi connectivity index (χ0n) is 22.3. The first-order chi connectivity index (χ1) is 19.1. The van der Waals surface area contributed by atoms with E-state index >= 15 is 0 Å². The van der Waals surface area contributed by atoms with Gasteiger partial charge < -0.3 is 19.4 Å². The lowest BCUT2D eigenvalue weighted by Crippen LogP contribution is -2.47. The van der Waals surface area contributed by atoms with E-state index < -0.39 is 0 Å². The van der Waals surface area contributed by atoms with E-state index in [1.54, 1.807) is 12.4 Å². The quantitative estimate of drug-likeness (QED) is 0.459. The van der Waals surface area contributed by atoms with Crippen LogP contribution in [0.5, 0.6) is 0 Å². The predicted molar refractivity (Wildman–Crippen MR) is 153 cm³/mol. The Labute approximate surface area is 234 Å². The average Bonchev–Trinajstić information content (AvgIpc) is 3.14. The van der Waals surface area contributed by atoms with Gasteiger partial charge in [0.15, 0.2) is 0 Å². The highest BCUT2D eigenvalue weighted by atomic mass is 35.5. The first kappa shape index (κ1) is 25.6. The third kappa shape index (κ3) is 5.30. The van der Waals surface area contributed by atoms with Crippen molar-refractivity contribution >= 4 is 34.9 Å². The van der Waals surface area contributed by atoms with Crippen LogP contribution in [-0.4, -0.2) is 71.8 Å². The van der Waals surface area contributed by atoms with E-state index in [2.05, 4.69) is 38.0 Å². The third-order valence-electron chi connectivity index (χ3n) is 7.92. The van der Waals surface area contributed by atoms with Crippen molar-refractivity contribution in [3.63, 3.8) is 0 Å². The lowest BCUT2D eigenvalue weighted by molar-refractivity contribution is 0.104. The fourth-order valence-electron chi connectivity index (χ4n) is 5.90. The minimum Gasteiger partial charge on any atom is -0.450 e. The molecule has 0 atom stereocenters. The molecule has 6 rings (SSSR count). The number of nitrogens with zero attached hydrogens (tertiary/aromatic N) is 6. The Morgan fingerprint density at radius 3 is 2.36 bits per heavy atom. The van der Waals surface area contributed by atoms with E-state index in [4.69, 9.17) is 21.3 Å². The number of hydrogen-bond acceptors (Lipinski definition) is 7. The maximum atomic E-state index is 12.3. The second-order valence-electron chi connectivity index (χ2n) is 10.2. The van der Waals surface area contributed by atoms with E-state index in [1.165, 1.54) is 27.8 Å². The molecule has 2 aromatic heterocycles. The molecule has 202 valence electrons. The molecule has 1 amide bonds. The van der Waals surface area contributed by atoms with Crippen LogP contribution in [0, 0.1) is 0 Å². The van der Waals surface area contributed by atoms with E-state index in [1.807, 2.05) is 30.2 Å². The number of hydrogen-bond donors (Lipinski definition) is 0. The van der Waals surface area contributed by atoms with Crippen LogP contribution in [0.2, 0.25) is 5.02 Å². The number of piperazine rings is 1. The van der Waals surface area contributed by atoms with Gasteiger partial charge in [-0.1, -0.05) is 23.2 Å². The summed E-state index contributed by atoms with van der Waals surface area (Å²) in [5, 5.41) is 0.759. The number of benzene rings is 1. The molecule has 0 unspecified atom stereocenters. The molecule has 1 aromatic carbocycles.